The van der Waals surface area contributed by atoms with Crippen molar-refractivity contribution in [3.8, 4) is 50.5 Å². The normalized spacial score (nSPS) is 12.2. The molecule has 0 saturated heterocycles. The molecular formula is C47H36N2O. The average Bonchev–Trinajstić information content (AvgIpc) is 3.77. The molecule has 50 heavy (non-hydrogen) atoms. The van der Waals surface area contributed by atoms with Gasteiger partial charge in [0, 0.05) is 22.0 Å². The van der Waals surface area contributed by atoms with Gasteiger partial charge in [-0.3, -0.25) is 0 Å². The topological polar surface area (TPSA) is 31.0 Å². The fraction of sp³-hybridized carbons (Fsp3) is 0.0851. The smallest absolute Gasteiger partial charge is 0.227 e. The molecule has 0 amide bonds. The Hall–Kier alpha value is -6.19. The quantitative estimate of drug-likeness (QED) is 0.173. The first-order valence-electron chi connectivity index (χ1n) is 17.4. The predicted molar refractivity (Wildman–Crippen MR) is 209 cm³/mol. The lowest BCUT2D eigenvalue weighted by atomic mass is 9.89. The Labute approximate surface area is 292 Å². The Morgan fingerprint density at radius 1 is 0.540 bits per heavy atom. The molecule has 9 rings (SSSR count). The number of nitrogens with zero attached hydrogens (tertiary/aromatic N) is 2. The van der Waals surface area contributed by atoms with Crippen LogP contribution in [0.4, 0.5) is 0 Å². The van der Waals surface area contributed by atoms with Crippen LogP contribution in [-0.2, 0) is 0 Å². The van der Waals surface area contributed by atoms with Gasteiger partial charge in [-0.2, -0.15) is 0 Å². The average molecular weight is 645 g/mol. The molecule has 3 nitrogen and oxygen atoms in total. The lowest BCUT2D eigenvalue weighted by molar-refractivity contribution is 0.618. The van der Waals surface area contributed by atoms with Gasteiger partial charge in [-0.25, -0.2) is 4.98 Å². The highest BCUT2D eigenvalue weighted by Crippen LogP contribution is 2.40. The standard InChI is InChI=1S/C47H36N2O/c1-3-31(2)35-26-29-43-46(30-35)50-47(48-43)34-22-20-32(21-23-34)37-12-4-6-14-39(37)40-15-7-5-13-38(40)33-24-27-36(28-25-33)49-44-18-10-8-16-41(44)42-17-9-11-19-45(42)49/h4-31H,3H2,1-2H3. The van der Waals surface area contributed by atoms with E-state index in [0.717, 1.165) is 34.3 Å². The van der Waals surface area contributed by atoms with Crippen molar-refractivity contribution in [1.29, 1.82) is 0 Å². The van der Waals surface area contributed by atoms with Gasteiger partial charge in [-0.05, 0) is 99.8 Å². The Balaban J connectivity index is 1.06. The zero-order valence-electron chi connectivity index (χ0n) is 28.2. The summed E-state index contributed by atoms with van der Waals surface area (Å²) in [6, 6.07) is 58.7. The first kappa shape index (κ1) is 29.9. The fourth-order valence-corrected chi connectivity index (χ4v) is 7.33. The molecule has 7 aromatic carbocycles. The van der Waals surface area contributed by atoms with Crippen LogP contribution in [0.3, 0.4) is 0 Å². The maximum absolute atomic E-state index is 6.25. The second kappa shape index (κ2) is 12.4. The van der Waals surface area contributed by atoms with E-state index in [4.69, 9.17) is 9.40 Å². The summed E-state index contributed by atoms with van der Waals surface area (Å²) in [4.78, 5) is 4.81. The molecule has 240 valence electrons. The summed E-state index contributed by atoms with van der Waals surface area (Å²) < 4.78 is 8.62. The fourth-order valence-electron chi connectivity index (χ4n) is 7.33. The zero-order chi connectivity index (χ0) is 33.6. The van der Waals surface area contributed by atoms with Crippen LogP contribution in [0.25, 0.3) is 83.4 Å². The first-order chi connectivity index (χ1) is 24.7. The summed E-state index contributed by atoms with van der Waals surface area (Å²) in [5.41, 5.74) is 14.7. The Kier molecular flexibility index (Phi) is 7.39. The molecule has 0 saturated carbocycles. The van der Waals surface area contributed by atoms with Gasteiger partial charge < -0.3 is 8.98 Å². The van der Waals surface area contributed by atoms with E-state index < -0.39 is 0 Å². The van der Waals surface area contributed by atoms with Gasteiger partial charge >= 0.3 is 0 Å². The van der Waals surface area contributed by atoms with E-state index in [0.29, 0.717) is 11.8 Å². The van der Waals surface area contributed by atoms with Crippen LogP contribution in [0.5, 0.6) is 0 Å². The van der Waals surface area contributed by atoms with Crippen LogP contribution in [0.2, 0.25) is 0 Å². The maximum Gasteiger partial charge on any atom is 0.227 e. The maximum atomic E-state index is 6.25. The molecule has 3 heteroatoms. The molecule has 0 aliphatic heterocycles. The number of aromatic nitrogens is 2. The molecule has 1 atom stereocenters. The summed E-state index contributed by atoms with van der Waals surface area (Å²) >= 11 is 0. The summed E-state index contributed by atoms with van der Waals surface area (Å²) in [7, 11) is 0. The molecule has 0 radical (unpaired) electrons. The van der Waals surface area contributed by atoms with Gasteiger partial charge in [0.05, 0.1) is 11.0 Å². The second-order valence-corrected chi connectivity index (χ2v) is 13.1. The van der Waals surface area contributed by atoms with Crippen LogP contribution >= 0.6 is 0 Å². The van der Waals surface area contributed by atoms with Crippen molar-refractivity contribution in [2.75, 3.05) is 0 Å². The van der Waals surface area contributed by atoms with Crippen LogP contribution in [-0.4, -0.2) is 9.55 Å². The molecule has 2 aromatic heterocycles. The zero-order valence-corrected chi connectivity index (χ0v) is 28.2. The van der Waals surface area contributed by atoms with E-state index in [1.54, 1.807) is 0 Å². The number of hydrogen-bond donors (Lipinski definition) is 0. The lowest BCUT2D eigenvalue weighted by Gasteiger charge is -2.15. The molecular weight excluding hydrogens is 609 g/mol. The van der Waals surface area contributed by atoms with Crippen molar-refractivity contribution in [2.24, 2.45) is 0 Å². The third kappa shape index (κ3) is 5.10. The Bertz CT molecular complexity index is 2590. The number of fused-ring (bicyclic) bond motifs is 4. The minimum atomic E-state index is 0.489. The monoisotopic (exact) mass is 644 g/mol. The van der Waals surface area contributed by atoms with E-state index in [1.807, 2.05) is 0 Å². The van der Waals surface area contributed by atoms with Gasteiger partial charge in [0.25, 0.3) is 0 Å². The molecule has 0 aliphatic rings. The third-order valence-corrected chi connectivity index (χ3v) is 10.2. The Morgan fingerprint density at radius 3 is 1.62 bits per heavy atom. The number of para-hydroxylation sites is 2. The van der Waals surface area contributed by atoms with Crippen molar-refractivity contribution in [2.45, 2.75) is 26.2 Å². The minimum Gasteiger partial charge on any atom is -0.436 e. The summed E-state index contributed by atoms with van der Waals surface area (Å²) in [5, 5.41) is 2.54. The highest BCUT2D eigenvalue weighted by molar-refractivity contribution is 6.09. The van der Waals surface area contributed by atoms with Crippen molar-refractivity contribution in [3.05, 3.63) is 169 Å². The van der Waals surface area contributed by atoms with Gasteiger partial charge in [0.2, 0.25) is 5.89 Å². The van der Waals surface area contributed by atoms with Crippen LogP contribution in [0.15, 0.2) is 168 Å². The van der Waals surface area contributed by atoms with Gasteiger partial charge in [0.1, 0.15) is 5.52 Å². The molecule has 2 heterocycles. The molecule has 0 spiro atoms. The van der Waals surface area contributed by atoms with Gasteiger partial charge in [0.15, 0.2) is 5.58 Å². The molecule has 1 unspecified atom stereocenters. The van der Waals surface area contributed by atoms with Crippen molar-refractivity contribution >= 4 is 32.9 Å². The summed E-state index contributed by atoms with van der Waals surface area (Å²) in [5.74, 6) is 1.14. The number of hydrogen-bond acceptors (Lipinski definition) is 2. The SMILES string of the molecule is CCC(C)c1ccc2nc(-c3ccc(-c4ccccc4-c4ccccc4-c4ccc(-n5c6ccccc6c6ccccc65)cc4)cc3)oc2c1. The number of benzene rings is 7. The Morgan fingerprint density at radius 2 is 1.04 bits per heavy atom. The first-order valence-corrected chi connectivity index (χ1v) is 17.4. The molecule has 0 fully saturated rings. The lowest BCUT2D eigenvalue weighted by Crippen LogP contribution is -1.94. The second-order valence-electron chi connectivity index (χ2n) is 13.1. The van der Waals surface area contributed by atoms with Crippen LogP contribution in [0.1, 0.15) is 31.7 Å². The van der Waals surface area contributed by atoms with Gasteiger partial charge in [-0.15, -0.1) is 0 Å². The van der Waals surface area contributed by atoms with Crippen LogP contribution < -0.4 is 0 Å². The highest BCUT2D eigenvalue weighted by Gasteiger charge is 2.16. The van der Waals surface area contributed by atoms with Crippen molar-refractivity contribution < 1.29 is 4.42 Å². The van der Waals surface area contributed by atoms with E-state index in [2.05, 4.69) is 182 Å². The summed E-state index contributed by atoms with van der Waals surface area (Å²) in [6.45, 7) is 4.46. The van der Waals surface area contributed by atoms with Crippen LogP contribution in [0, 0.1) is 0 Å². The highest BCUT2D eigenvalue weighted by atomic mass is 16.3. The van der Waals surface area contributed by atoms with Crippen molar-refractivity contribution in [3.63, 3.8) is 0 Å². The third-order valence-electron chi connectivity index (χ3n) is 10.2. The van der Waals surface area contributed by atoms with E-state index in [9.17, 15) is 0 Å². The van der Waals surface area contributed by atoms with E-state index >= 15 is 0 Å². The molecule has 0 aliphatic carbocycles. The van der Waals surface area contributed by atoms with E-state index in [-0.39, 0.29) is 0 Å². The van der Waals surface area contributed by atoms with Crippen molar-refractivity contribution in [1.82, 2.24) is 9.55 Å². The minimum absolute atomic E-state index is 0.489. The summed E-state index contributed by atoms with van der Waals surface area (Å²) in [6.07, 6.45) is 1.09. The number of rotatable bonds is 7. The van der Waals surface area contributed by atoms with Gasteiger partial charge in [-0.1, -0.05) is 129 Å². The molecule has 0 N–H and O–H groups in total. The number of oxazole rings is 1. The molecule has 9 aromatic rings. The molecule has 0 bridgehead atoms. The largest absolute Gasteiger partial charge is 0.436 e. The van der Waals surface area contributed by atoms with E-state index in [1.165, 1.54) is 55.2 Å². The predicted octanol–water partition coefficient (Wildman–Crippen LogP) is 13.1.